The van der Waals surface area contributed by atoms with E-state index in [0.29, 0.717) is 16.9 Å². The van der Waals surface area contributed by atoms with Gasteiger partial charge in [-0.25, -0.2) is 9.78 Å². The molecular formula is C17H24ClN3O2. The van der Waals surface area contributed by atoms with Crippen LogP contribution >= 0.6 is 11.6 Å². The van der Waals surface area contributed by atoms with E-state index in [1.54, 1.807) is 18.3 Å². The van der Waals surface area contributed by atoms with Gasteiger partial charge in [-0.05, 0) is 38.3 Å². The van der Waals surface area contributed by atoms with Gasteiger partial charge < -0.3 is 15.0 Å². The first-order chi connectivity index (χ1) is 11.1. The highest BCUT2D eigenvalue weighted by atomic mass is 35.5. The zero-order valence-corrected chi connectivity index (χ0v) is 14.5. The van der Waals surface area contributed by atoms with Crippen molar-refractivity contribution in [1.29, 1.82) is 0 Å². The van der Waals surface area contributed by atoms with Crippen LogP contribution in [0.15, 0.2) is 18.3 Å². The smallest absolute Gasteiger partial charge is 0.321 e. The molecular weight excluding hydrogens is 314 g/mol. The highest BCUT2D eigenvalue weighted by Gasteiger charge is 2.58. The normalized spacial score (nSPS) is 25.2. The van der Waals surface area contributed by atoms with E-state index >= 15 is 0 Å². The molecule has 0 aliphatic heterocycles. The number of nitrogens with zero attached hydrogens (tertiary/aromatic N) is 2. The third-order valence-corrected chi connectivity index (χ3v) is 5.63. The molecule has 23 heavy (non-hydrogen) atoms. The third-order valence-electron chi connectivity index (χ3n) is 5.41. The van der Waals surface area contributed by atoms with Crippen LogP contribution in [0.4, 0.5) is 10.5 Å². The first-order valence-electron chi connectivity index (χ1n) is 8.34. The number of anilines is 1. The first-order valence-corrected chi connectivity index (χ1v) is 8.71. The topological polar surface area (TPSA) is 54.5 Å². The van der Waals surface area contributed by atoms with Crippen molar-refractivity contribution in [2.75, 3.05) is 19.0 Å². The van der Waals surface area contributed by atoms with E-state index in [1.165, 1.54) is 12.8 Å². The van der Waals surface area contributed by atoms with Gasteiger partial charge in [0.2, 0.25) is 0 Å². The van der Waals surface area contributed by atoms with Crippen LogP contribution in [0.5, 0.6) is 0 Å². The summed E-state index contributed by atoms with van der Waals surface area (Å²) in [5, 5.41) is 3.31. The van der Waals surface area contributed by atoms with Crippen molar-refractivity contribution in [3.05, 3.63) is 23.5 Å². The van der Waals surface area contributed by atoms with Crippen LogP contribution in [0.25, 0.3) is 0 Å². The number of nitrogens with one attached hydrogen (secondary N) is 1. The summed E-state index contributed by atoms with van der Waals surface area (Å²) in [6.45, 7) is 2.78. The molecule has 2 fully saturated rings. The quantitative estimate of drug-likeness (QED) is 0.847. The maximum atomic E-state index is 12.5. The fourth-order valence-electron chi connectivity index (χ4n) is 4.20. The van der Waals surface area contributed by atoms with Gasteiger partial charge >= 0.3 is 6.03 Å². The molecule has 5 nitrogen and oxygen atoms in total. The Bertz CT molecular complexity index is 557. The molecule has 126 valence electrons. The average molecular weight is 338 g/mol. The maximum Gasteiger partial charge on any atom is 0.321 e. The van der Waals surface area contributed by atoms with Crippen molar-refractivity contribution < 1.29 is 9.53 Å². The SMILES string of the molecule is CCO[C@@H]1C[C@H](N(C)C(=O)Nc2ccc(Cl)nc2)C12CCCC2. The predicted octanol–water partition coefficient (Wildman–Crippen LogP) is 3.94. The molecule has 0 unspecified atom stereocenters. The number of halogens is 1. The number of carbonyl (C=O) groups is 1. The minimum atomic E-state index is -0.0969. The van der Waals surface area contributed by atoms with E-state index in [0.717, 1.165) is 25.9 Å². The summed E-state index contributed by atoms with van der Waals surface area (Å²) in [6.07, 6.45) is 7.57. The molecule has 1 aromatic rings. The zero-order valence-electron chi connectivity index (χ0n) is 13.7. The second-order valence-electron chi connectivity index (χ2n) is 6.55. The Labute approximate surface area is 142 Å². The predicted molar refractivity (Wildman–Crippen MR) is 90.7 cm³/mol. The van der Waals surface area contributed by atoms with Gasteiger partial charge in [0.1, 0.15) is 5.15 Å². The fourth-order valence-corrected chi connectivity index (χ4v) is 4.31. The van der Waals surface area contributed by atoms with Crippen molar-refractivity contribution >= 4 is 23.3 Å². The van der Waals surface area contributed by atoms with Crippen molar-refractivity contribution in [3.8, 4) is 0 Å². The van der Waals surface area contributed by atoms with Crippen molar-refractivity contribution in [3.63, 3.8) is 0 Å². The maximum absolute atomic E-state index is 12.5. The summed E-state index contributed by atoms with van der Waals surface area (Å²) < 4.78 is 5.92. The Kier molecular flexibility index (Phi) is 4.78. The highest BCUT2D eigenvalue weighted by molar-refractivity contribution is 6.29. The molecule has 3 rings (SSSR count). The minimum Gasteiger partial charge on any atom is -0.378 e. The van der Waals surface area contributed by atoms with E-state index in [4.69, 9.17) is 16.3 Å². The monoisotopic (exact) mass is 337 g/mol. The standard InChI is InChI=1S/C17H24ClN3O2/c1-3-23-14-10-13(17(14)8-4-5-9-17)21(2)16(22)20-12-6-7-15(18)19-11-12/h6-7,11,13-14H,3-5,8-10H2,1-2H3,(H,20,22)/t13-,14+/m0/s1. The van der Waals surface area contributed by atoms with E-state index in [9.17, 15) is 4.79 Å². The van der Waals surface area contributed by atoms with Crippen LogP contribution in [0.3, 0.4) is 0 Å². The largest absolute Gasteiger partial charge is 0.378 e. The molecule has 2 amide bonds. The van der Waals surface area contributed by atoms with Crippen molar-refractivity contribution in [2.45, 2.75) is 51.2 Å². The molecule has 1 N–H and O–H groups in total. The van der Waals surface area contributed by atoms with Gasteiger partial charge in [-0.1, -0.05) is 24.4 Å². The summed E-state index contributed by atoms with van der Waals surface area (Å²) >= 11 is 5.77. The second kappa shape index (κ2) is 6.65. The summed E-state index contributed by atoms with van der Waals surface area (Å²) in [4.78, 5) is 18.4. The minimum absolute atomic E-state index is 0.0969. The summed E-state index contributed by atoms with van der Waals surface area (Å²) in [6, 6.07) is 3.59. The number of aromatic nitrogens is 1. The van der Waals surface area contributed by atoms with Crippen LogP contribution < -0.4 is 5.32 Å². The van der Waals surface area contributed by atoms with Crippen molar-refractivity contribution in [1.82, 2.24) is 9.88 Å². The van der Waals surface area contributed by atoms with Crippen LogP contribution in [0.2, 0.25) is 5.15 Å². The lowest BCUT2D eigenvalue weighted by molar-refractivity contribution is -0.150. The molecule has 2 saturated carbocycles. The first kappa shape index (κ1) is 16.5. The number of amides is 2. The zero-order chi connectivity index (χ0) is 16.4. The van der Waals surface area contributed by atoms with Gasteiger partial charge in [-0.15, -0.1) is 0 Å². The lowest BCUT2D eigenvalue weighted by atomic mass is 9.60. The Morgan fingerprint density at radius 2 is 2.22 bits per heavy atom. The molecule has 1 heterocycles. The molecule has 2 aliphatic rings. The van der Waals surface area contributed by atoms with E-state index in [-0.39, 0.29) is 17.5 Å². The number of pyridine rings is 1. The highest BCUT2D eigenvalue weighted by Crippen LogP contribution is 2.56. The van der Waals surface area contributed by atoms with Gasteiger partial charge in [0.05, 0.1) is 18.0 Å². The van der Waals surface area contributed by atoms with Crippen LogP contribution in [0, 0.1) is 5.41 Å². The lowest BCUT2D eigenvalue weighted by Crippen LogP contribution is -2.64. The van der Waals surface area contributed by atoms with E-state index < -0.39 is 0 Å². The number of urea groups is 1. The molecule has 0 saturated heterocycles. The van der Waals surface area contributed by atoms with Gasteiger partial charge in [-0.2, -0.15) is 0 Å². The summed E-state index contributed by atoms with van der Waals surface area (Å²) in [7, 11) is 1.88. The summed E-state index contributed by atoms with van der Waals surface area (Å²) in [5.74, 6) is 0. The Hall–Kier alpha value is -1.33. The fraction of sp³-hybridized carbons (Fsp3) is 0.647. The Morgan fingerprint density at radius 3 is 2.83 bits per heavy atom. The van der Waals surface area contributed by atoms with Gasteiger partial charge in [0, 0.05) is 25.1 Å². The van der Waals surface area contributed by atoms with E-state index in [2.05, 4.69) is 10.3 Å². The molecule has 6 heteroatoms. The lowest BCUT2D eigenvalue weighted by Gasteiger charge is -2.56. The number of hydrogen-bond acceptors (Lipinski definition) is 3. The molecule has 2 aliphatic carbocycles. The molecule has 1 aromatic heterocycles. The van der Waals surface area contributed by atoms with Gasteiger partial charge in [0.25, 0.3) is 0 Å². The number of rotatable bonds is 4. The van der Waals surface area contributed by atoms with Crippen LogP contribution in [-0.4, -0.2) is 41.7 Å². The Morgan fingerprint density at radius 1 is 1.48 bits per heavy atom. The molecule has 0 aromatic carbocycles. The molecule has 2 atom stereocenters. The third kappa shape index (κ3) is 3.04. The summed E-state index contributed by atoms with van der Waals surface area (Å²) in [5.41, 5.74) is 0.813. The molecule has 0 bridgehead atoms. The van der Waals surface area contributed by atoms with Crippen LogP contribution in [0.1, 0.15) is 39.0 Å². The average Bonchev–Trinajstić information content (AvgIpc) is 3.05. The Balaban J connectivity index is 1.66. The molecule has 0 radical (unpaired) electrons. The second-order valence-corrected chi connectivity index (χ2v) is 6.93. The number of carbonyl (C=O) groups excluding carboxylic acids is 1. The van der Waals surface area contributed by atoms with E-state index in [1.807, 2.05) is 18.9 Å². The van der Waals surface area contributed by atoms with Gasteiger partial charge in [-0.3, -0.25) is 0 Å². The number of ether oxygens (including phenoxy) is 1. The molecule has 1 spiro atoms. The van der Waals surface area contributed by atoms with Gasteiger partial charge in [0.15, 0.2) is 0 Å². The van der Waals surface area contributed by atoms with Crippen LogP contribution in [-0.2, 0) is 4.74 Å². The number of hydrogen-bond donors (Lipinski definition) is 1. The van der Waals surface area contributed by atoms with Crippen molar-refractivity contribution in [2.24, 2.45) is 5.41 Å².